The molecule has 0 radical (unpaired) electrons. The number of carbonyl (C=O) groups is 1. The summed E-state index contributed by atoms with van der Waals surface area (Å²) in [6.07, 6.45) is 0. The third kappa shape index (κ3) is 4.69. The fraction of sp³-hybridized carbons (Fsp3) is 0.316. The van der Waals surface area contributed by atoms with Crippen LogP contribution < -0.4 is 0 Å². The Morgan fingerprint density at radius 1 is 0.909 bits per heavy atom. The van der Waals surface area contributed by atoms with Gasteiger partial charge in [0.05, 0.1) is 5.92 Å². The van der Waals surface area contributed by atoms with Gasteiger partial charge >= 0.3 is 0 Å². The normalized spacial score (nSPS) is 11.8. The lowest BCUT2D eigenvalue weighted by atomic mass is 9.90. The number of carbonyl (C=O) groups excluding carboxylic acids is 1. The monoisotopic (exact) mass is 317 g/mol. The van der Waals surface area contributed by atoms with E-state index in [9.17, 15) is 4.79 Å². The van der Waals surface area contributed by atoms with Gasteiger partial charge in [-0.25, -0.2) is 0 Å². The van der Waals surface area contributed by atoms with E-state index in [-0.39, 0.29) is 24.1 Å². The quantitative estimate of drug-likeness (QED) is 0.705. The third-order valence-corrected chi connectivity index (χ3v) is 3.91. The van der Waals surface area contributed by atoms with Gasteiger partial charge in [0, 0.05) is 12.1 Å². The standard InChI is InChI=1S/C19H23NO.ClH/c1-3-20(4-2)15-18(16-11-7-5-8-12-16)19(21)17-13-9-6-10-14-17;/h5-14,18H,3-4,15H2,1-2H3;1H. The predicted molar refractivity (Wildman–Crippen MR) is 95.0 cm³/mol. The van der Waals surface area contributed by atoms with Crippen LogP contribution in [0.4, 0.5) is 0 Å². The second-order valence-electron chi connectivity index (χ2n) is 5.18. The first-order chi connectivity index (χ1) is 10.3. The van der Waals surface area contributed by atoms with E-state index in [1.807, 2.05) is 48.5 Å². The van der Waals surface area contributed by atoms with Crippen molar-refractivity contribution in [3.63, 3.8) is 0 Å². The van der Waals surface area contributed by atoms with Crippen molar-refractivity contribution in [2.45, 2.75) is 19.8 Å². The van der Waals surface area contributed by atoms with Gasteiger partial charge in [0.1, 0.15) is 0 Å². The molecule has 0 saturated carbocycles. The zero-order valence-corrected chi connectivity index (χ0v) is 14.1. The minimum atomic E-state index is -0.103. The molecule has 2 aromatic rings. The lowest BCUT2D eigenvalue weighted by molar-refractivity contribution is 0.0936. The number of halogens is 1. The summed E-state index contributed by atoms with van der Waals surface area (Å²) >= 11 is 0. The van der Waals surface area contributed by atoms with Crippen LogP contribution in [0.5, 0.6) is 0 Å². The third-order valence-electron chi connectivity index (χ3n) is 3.91. The summed E-state index contributed by atoms with van der Waals surface area (Å²) in [5, 5.41) is 0. The molecule has 1 atom stereocenters. The highest BCUT2D eigenvalue weighted by atomic mass is 35.5. The van der Waals surface area contributed by atoms with E-state index >= 15 is 0 Å². The number of rotatable bonds is 7. The molecule has 0 aliphatic heterocycles. The molecule has 0 heterocycles. The van der Waals surface area contributed by atoms with E-state index in [0.29, 0.717) is 0 Å². The van der Waals surface area contributed by atoms with E-state index in [4.69, 9.17) is 0 Å². The molecule has 1 unspecified atom stereocenters. The van der Waals surface area contributed by atoms with Crippen LogP contribution in [0.3, 0.4) is 0 Å². The molecule has 2 aromatic carbocycles. The fourth-order valence-corrected chi connectivity index (χ4v) is 2.57. The van der Waals surface area contributed by atoms with Gasteiger partial charge in [-0.15, -0.1) is 12.4 Å². The molecule has 0 aromatic heterocycles. The van der Waals surface area contributed by atoms with Gasteiger partial charge in [-0.05, 0) is 18.7 Å². The highest BCUT2D eigenvalue weighted by Gasteiger charge is 2.23. The predicted octanol–water partition coefficient (Wildman–Crippen LogP) is 4.42. The Balaban J connectivity index is 0.00000242. The van der Waals surface area contributed by atoms with Crippen molar-refractivity contribution in [3.8, 4) is 0 Å². The summed E-state index contributed by atoms with van der Waals surface area (Å²) in [7, 11) is 0. The van der Waals surface area contributed by atoms with E-state index < -0.39 is 0 Å². The number of Topliss-reactive ketones (excluding diaryl/α,β-unsaturated/α-hetero) is 1. The molecule has 0 spiro atoms. The van der Waals surface area contributed by atoms with E-state index in [1.54, 1.807) is 0 Å². The van der Waals surface area contributed by atoms with Crippen molar-refractivity contribution in [2.24, 2.45) is 0 Å². The van der Waals surface area contributed by atoms with Gasteiger partial charge < -0.3 is 4.90 Å². The Labute approximate surface area is 139 Å². The highest BCUT2D eigenvalue weighted by molar-refractivity contribution is 6.01. The van der Waals surface area contributed by atoms with Crippen LogP contribution in [0.1, 0.15) is 35.7 Å². The summed E-state index contributed by atoms with van der Waals surface area (Å²) in [5.74, 6) is 0.0993. The van der Waals surface area contributed by atoms with E-state index in [0.717, 1.165) is 30.8 Å². The van der Waals surface area contributed by atoms with Crippen molar-refractivity contribution in [2.75, 3.05) is 19.6 Å². The molecule has 0 bridgehead atoms. The maximum absolute atomic E-state index is 12.9. The average molecular weight is 318 g/mol. The largest absolute Gasteiger partial charge is 0.303 e. The molecule has 0 saturated heterocycles. The number of benzene rings is 2. The van der Waals surface area contributed by atoms with Crippen molar-refractivity contribution in [1.82, 2.24) is 4.90 Å². The van der Waals surface area contributed by atoms with Crippen LogP contribution >= 0.6 is 12.4 Å². The Morgan fingerprint density at radius 2 is 1.41 bits per heavy atom. The van der Waals surface area contributed by atoms with Crippen LogP contribution in [0.25, 0.3) is 0 Å². The summed E-state index contributed by atoms with van der Waals surface area (Å²) in [4.78, 5) is 15.2. The SMILES string of the molecule is CCN(CC)CC(C(=O)c1ccccc1)c1ccccc1.Cl. The molecule has 0 aliphatic rings. The molecule has 0 N–H and O–H groups in total. The number of hydrogen-bond donors (Lipinski definition) is 0. The molecular formula is C19H24ClNO. The lowest BCUT2D eigenvalue weighted by Gasteiger charge is -2.25. The van der Waals surface area contributed by atoms with Gasteiger partial charge in [0.2, 0.25) is 0 Å². The molecule has 0 fully saturated rings. The average Bonchev–Trinajstić information content (AvgIpc) is 2.57. The first kappa shape index (κ1) is 18.4. The fourth-order valence-electron chi connectivity index (χ4n) is 2.57. The van der Waals surface area contributed by atoms with Gasteiger partial charge in [-0.3, -0.25) is 4.79 Å². The zero-order valence-electron chi connectivity index (χ0n) is 13.2. The second kappa shape index (κ2) is 9.39. The van der Waals surface area contributed by atoms with Crippen LogP contribution in [0.2, 0.25) is 0 Å². The molecule has 0 aliphatic carbocycles. The van der Waals surface area contributed by atoms with Crippen LogP contribution in [0.15, 0.2) is 60.7 Å². The van der Waals surface area contributed by atoms with E-state index in [2.05, 4.69) is 30.9 Å². The van der Waals surface area contributed by atoms with Crippen molar-refractivity contribution < 1.29 is 4.79 Å². The van der Waals surface area contributed by atoms with Gasteiger partial charge in [0.15, 0.2) is 5.78 Å². The smallest absolute Gasteiger partial charge is 0.171 e. The van der Waals surface area contributed by atoms with Crippen LogP contribution in [-0.4, -0.2) is 30.3 Å². The topological polar surface area (TPSA) is 20.3 Å². The molecule has 22 heavy (non-hydrogen) atoms. The zero-order chi connectivity index (χ0) is 15.1. The second-order valence-corrected chi connectivity index (χ2v) is 5.18. The maximum Gasteiger partial charge on any atom is 0.171 e. The van der Waals surface area contributed by atoms with Gasteiger partial charge in [0.25, 0.3) is 0 Å². The maximum atomic E-state index is 12.9. The summed E-state index contributed by atoms with van der Waals surface area (Å²) in [5.41, 5.74) is 1.89. The first-order valence-corrected chi connectivity index (χ1v) is 7.62. The number of hydrogen-bond acceptors (Lipinski definition) is 2. The highest BCUT2D eigenvalue weighted by Crippen LogP contribution is 2.22. The molecule has 2 nitrogen and oxygen atoms in total. The number of ketones is 1. The van der Waals surface area contributed by atoms with Crippen molar-refractivity contribution in [3.05, 3.63) is 71.8 Å². The molecule has 3 heteroatoms. The number of likely N-dealkylation sites (N-methyl/N-ethyl adjacent to an activating group) is 1. The van der Waals surface area contributed by atoms with Crippen LogP contribution in [0, 0.1) is 0 Å². The van der Waals surface area contributed by atoms with Gasteiger partial charge in [-0.1, -0.05) is 74.5 Å². The van der Waals surface area contributed by atoms with Gasteiger partial charge in [-0.2, -0.15) is 0 Å². The Hall–Kier alpha value is -1.64. The lowest BCUT2D eigenvalue weighted by Crippen LogP contribution is -2.32. The minimum absolute atomic E-state index is 0. The van der Waals surface area contributed by atoms with Crippen LogP contribution in [-0.2, 0) is 0 Å². The van der Waals surface area contributed by atoms with Crippen molar-refractivity contribution in [1.29, 1.82) is 0 Å². The molecule has 0 amide bonds. The molecule has 118 valence electrons. The Kier molecular flexibility index (Phi) is 7.86. The molecule has 2 rings (SSSR count). The first-order valence-electron chi connectivity index (χ1n) is 7.62. The minimum Gasteiger partial charge on any atom is -0.303 e. The number of nitrogens with zero attached hydrogens (tertiary/aromatic N) is 1. The summed E-state index contributed by atoms with van der Waals surface area (Å²) < 4.78 is 0. The molecular weight excluding hydrogens is 294 g/mol. The van der Waals surface area contributed by atoms with E-state index in [1.165, 1.54) is 0 Å². The Morgan fingerprint density at radius 3 is 1.91 bits per heavy atom. The summed E-state index contributed by atoms with van der Waals surface area (Å²) in [6.45, 7) is 6.96. The Bertz CT molecular complexity index is 552. The summed E-state index contributed by atoms with van der Waals surface area (Å²) in [6, 6.07) is 19.7. The van der Waals surface area contributed by atoms with Crippen molar-refractivity contribution >= 4 is 18.2 Å².